The highest BCUT2D eigenvalue weighted by Gasteiger charge is 2.15. The Hall–Kier alpha value is -3.29. The Bertz CT molecular complexity index is 1370. The van der Waals surface area contributed by atoms with Crippen molar-refractivity contribution in [3.05, 3.63) is 75.8 Å². The SMILES string of the molecule is COc1ccc(CC(=O)Nc2ccc(S(N)(=O)=O)cc2Cl)cc1Oc1cc(C#N)ccc1Cl. The summed E-state index contributed by atoms with van der Waals surface area (Å²) in [7, 11) is -2.45. The number of primary sulfonamides is 1. The van der Waals surface area contributed by atoms with Crippen LogP contribution in [0.5, 0.6) is 17.2 Å². The zero-order valence-electron chi connectivity index (χ0n) is 17.1. The van der Waals surface area contributed by atoms with E-state index in [0.29, 0.717) is 27.6 Å². The van der Waals surface area contributed by atoms with E-state index in [9.17, 15) is 13.2 Å². The minimum absolute atomic E-state index is 0.0284. The first-order chi connectivity index (χ1) is 15.6. The number of nitrogens with two attached hydrogens (primary N) is 1. The molecule has 33 heavy (non-hydrogen) atoms. The number of carbonyl (C=O) groups is 1. The van der Waals surface area contributed by atoms with Gasteiger partial charge in [-0.2, -0.15) is 5.26 Å². The summed E-state index contributed by atoms with van der Waals surface area (Å²) in [6.45, 7) is 0. The summed E-state index contributed by atoms with van der Waals surface area (Å²) in [5, 5.41) is 17.1. The van der Waals surface area contributed by atoms with E-state index in [4.69, 9.17) is 43.1 Å². The summed E-state index contributed by atoms with van der Waals surface area (Å²) in [5.41, 5.74) is 1.20. The van der Waals surface area contributed by atoms with Crippen molar-refractivity contribution < 1.29 is 22.7 Å². The molecule has 8 nitrogen and oxygen atoms in total. The molecule has 0 saturated carbocycles. The molecule has 0 atom stereocenters. The smallest absolute Gasteiger partial charge is 0.238 e. The van der Waals surface area contributed by atoms with E-state index in [2.05, 4.69) is 5.32 Å². The van der Waals surface area contributed by atoms with E-state index >= 15 is 0 Å². The van der Waals surface area contributed by atoms with Gasteiger partial charge in [-0.25, -0.2) is 13.6 Å². The fraction of sp³-hybridized carbons (Fsp3) is 0.0909. The van der Waals surface area contributed by atoms with Crippen molar-refractivity contribution >= 4 is 44.8 Å². The van der Waals surface area contributed by atoms with Crippen LogP contribution in [0.3, 0.4) is 0 Å². The first-order valence-corrected chi connectivity index (χ1v) is 11.6. The Kier molecular flexibility index (Phi) is 7.46. The molecular weight excluding hydrogens is 489 g/mol. The highest BCUT2D eigenvalue weighted by Crippen LogP contribution is 2.36. The van der Waals surface area contributed by atoms with Crippen LogP contribution in [0.2, 0.25) is 10.0 Å². The number of nitrogens with zero attached hydrogens (tertiary/aromatic N) is 1. The van der Waals surface area contributed by atoms with Crippen molar-refractivity contribution in [1.29, 1.82) is 5.26 Å². The molecule has 0 aliphatic carbocycles. The minimum Gasteiger partial charge on any atom is -0.493 e. The van der Waals surface area contributed by atoms with Gasteiger partial charge < -0.3 is 14.8 Å². The monoisotopic (exact) mass is 505 g/mol. The van der Waals surface area contributed by atoms with E-state index in [-0.39, 0.29) is 27.8 Å². The van der Waals surface area contributed by atoms with E-state index in [1.807, 2.05) is 6.07 Å². The molecule has 0 radical (unpaired) electrons. The number of ether oxygens (including phenoxy) is 2. The minimum atomic E-state index is -3.91. The molecule has 1 amide bonds. The second-order valence-electron chi connectivity index (χ2n) is 6.76. The number of sulfonamides is 1. The molecule has 0 unspecified atom stereocenters. The van der Waals surface area contributed by atoms with Gasteiger partial charge in [-0.15, -0.1) is 0 Å². The summed E-state index contributed by atoms with van der Waals surface area (Å²) in [5.74, 6) is 0.563. The molecule has 0 aliphatic rings. The third-order valence-corrected chi connectivity index (χ3v) is 5.95. The van der Waals surface area contributed by atoms with Crippen LogP contribution in [-0.2, 0) is 21.2 Å². The van der Waals surface area contributed by atoms with Crippen LogP contribution in [0, 0.1) is 11.3 Å². The van der Waals surface area contributed by atoms with Gasteiger partial charge in [-0.3, -0.25) is 4.79 Å². The maximum absolute atomic E-state index is 12.5. The van der Waals surface area contributed by atoms with Crippen molar-refractivity contribution in [2.45, 2.75) is 11.3 Å². The van der Waals surface area contributed by atoms with Gasteiger partial charge in [0.15, 0.2) is 11.5 Å². The van der Waals surface area contributed by atoms with Gasteiger partial charge in [0, 0.05) is 6.07 Å². The summed E-state index contributed by atoms with van der Waals surface area (Å²) in [6, 6.07) is 15.3. The Morgan fingerprint density at radius 1 is 1.03 bits per heavy atom. The van der Waals surface area contributed by atoms with Crippen molar-refractivity contribution in [1.82, 2.24) is 0 Å². The van der Waals surface area contributed by atoms with Crippen LogP contribution < -0.4 is 19.9 Å². The molecule has 0 saturated heterocycles. The maximum atomic E-state index is 12.5. The number of hydrogen-bond donors (Lipinski definition) is 2. The molecule has 0 aliphatic heterocycles. The molecule has 0 bridgehead atoms. The number of benzene rings is 3. The lowest BCUT2D eigenvalue weighted by atomic mass is 10.1. The normalized spacial score (nSPS) is 10.9. The zero-order valence-corrected chi connectivity index (χ0v) is 19.5. The van der Waals surface area contributed by atoms with Crippen LogP contribution >= 0.6 is 23.2 Å². The summed E-state index contributed by atoms with van der Waals surface area (Å²) < 4.78 is 34.0. The number of rotatable bonds is 7. The van der Waals surface area contributed by atoms with Gasteiger partial charge in [0.2, 0.25) is 15.9 Å². The number of anilines is 1. The average molecular weight is 506 g/mol. The third-order valence-electron chi connectivity index (χ3n) is 4.42. The van der Waals surface area contributed by atoms with Crippen molar-refractivity contribution in [2.24, 2.45) is 5.14 Å². The van der Waals surface area contributed by atoms with Crippen LogP contribution in [0.15, 0.2) is 59.5 Å². The number of nitriles is 1. The van der Waals surface area contributed by atoms with Crippen LogP contribution in [-0.4, -0.2) is 21.4 Å². The molecule has 0 spiro atoms. The molecule has 11 heteroatoms. The third kappa shape index (κ3) is 6.15. The van der Waals surface area contributed by atoms with Gasteiger partial charge in [-0.1, -0.05) is 29.3 Å². The lowest BCUT2D eigenvalue weighted by Gasteiger charge is -2.14. The standard InChI is InChI=1S/C22H17Cl2N3O5S/c1-31-19-7-3-13(8-21(19)32-20-9-14(12-25)2-5-16(20)23)10-22(28)27-18-6-4-15(11-17(18)24)33(26,29)30/h2-9,11H,10H2,1H3,(H,27,28)(H2,26,29,30). The molecule has 170 valence electrons. The second-order valence-corrected chi connectivity index (χ2v) is 9.13. The molecule has 3 aromatic carbocycles. The summed E-state index contributed by atoms with van der Waals surface area (Å²) >= 11 is 12.2. The molecule has 3 rings (SSSR count). The first-order valence-electron chi connectivity index (χ1n) is 9.27. The number of carbonyl (C=O) groups excluding carboxylic acids is 1. The summed E-state index contributed by atoms with van der Waals surface area (Å²) in [4.78, 5) is 12.4. The van der Waals surface area contributed by atoms with Gasteiger partial charge in [-0.05, 0) is 48.0 Å². The number of hydrogen-bond acceptors (Lipinski definition) is 6. The van der Waals surface area contributed by atoms with Crippen LogP contribution in [0.1, 0.15) is 11.1 Å². The molecule has 0 aromatic heterocycles. The van der Waals surface area contributed by atoms with Crippen LogP contribution in [0.4, 0.5) is 5.69 Å². The predicted molar refractivity (Wildman–Crippen MR) is 124 cm³/mol. The largest absolute Gasteiger partial charge is 0.493 e. The Morgan fingerprint density at radius 3 is 2.42 bits per heavy atom. The number of methoxy groups -OCH3 is 1. The molecular formula is C22H17Cl2N3O5S. The quantitative estimate of drug-likeness (QED) is 0.485. The molecule has 0 fully saturated rings. The van der Waals surface area contributed by atoms with E-state index in [1.54, 1.807) is 30.3 Å². The van der Waals surface area contributed by atoms with Gasteiger partial charge in [0.05, 0.1) is 45.8 Å². The fourth-order valence-electron chi connectivity index (χ4n) is 2.83. The van der Waals surface area contributed by atoms with Gasteiger partial charge in [0.25, 0.3) is 0 Å². The summed E-state index contributed by atoms with van der Waals surface area (Å²) in [6.07, 6.45) is -0.0421. The number of amides is 1. The van der Waals surface area contributed by atoms with E-state index < -0.39 is 15.9 Å². The molecule has 3 N–H and O–H groups in total. The zero-order chi connectivity index (χ0) is 24.2. The van der Waals surface area contributed by atoms with Crippen LogP contribution in [0.25, 0.3) is 0 Å². The van der Waals surface area contributed by atoms with Gasteiger partial charge in [0.1, 0.15) is 5.75 Å². The van der Waals surface area contributed by atoms with E-state index in [1.165, 1.54) is 25.3 Å². The Morgan fingerprint density at radius 2 is 1.79 bits per heavy atom. The van der Waals surface area contributed by atoms with Gasteiger partial charge >= 0.3 is 0 Å². The number of halogens is 2. The Labute approximate surface area is 200 Å². The highest BCUT2D eigenvalue weighted by atomic mass is 35.5. The molecule has 3 aromatic rings. The topological polar surface area (TPSA) is 132 Å². The first kappa shape index (κ1) is 24.4. The highest BCUT2D eigenvalue weighted by molar-refractivity contribution is 7.89. The second kappa shape index (κ2) is 10.1. The van der Waals surface area contributed by atoms with Crippen molar-refractivity contribution in [2.75, 3.05) is 12.4 Å². The fourth-order valence-corrected chi connectivity index (χ4v) is 3.82. The Balaban J connectivity index is 1.79. The number of nitrogens with one attached hydrogen (secondary N) is 1. The van der Waals surface area contributed by atoms with Crippen molar-refractivity contribution in [3.8, 4) is 23.3 Å². The predicted octanol–water partition coefficient (Wildman–Crippen LogP) is 4.49. The maximum Gasteiger partial charge on any atom is 0.238 e. The lowest BCUT2D eigenvalue weighted by Crippen LogP contribution is -2.16. The van der Waals surface area contributed by atoms with Crippen molar-refractivity contribution in [3.63, 3.8) is 0 Å². The lowest BCUT2D eigenvalue weighted by molar-refractivity contribution is -0.115. The average Bonchev–Trinajstić information content (AvgIpc) is 2.76. The molecule has 0 heterocycles. The van der Waals surface area contributed by atoms with E-state index in [0.717, 1.165) is 6.07 Å².